The van der Waals surface area contributed by atoms with Crippen LogP contribution < -0.4 is 0 Å². The summed E-state index contributed by atoms with van der Waals surface area (Å²) in [5.41, 5.74) is 0.796. The topological polar surface area (TPSA) is 20.2 Å². The van der Waals surface area contributed by atoms with E-state index in [4.69, 9.17) is 5.11 Å². The van der Waals surface area contributed by atoms with Gasteiger partial charge in [0.2, 0.25) is 0 Å². The first-order chi connectivity index (χ1) is 5.61. The van der Waals surface area contributed by atoms with Crippen LogP contribution in [0.25, 0.3) is 0 Å². The molecule has 0 aliphatic heterocycles. The lowest BCUT2D eigenvalue weighted by Crippen LogP contribution is -2.05. The van der Waals surface area contributed by atoms with E-state index in [0.29, 0.717) is 10.9 Å². The van der Waals surface area contributed by atoms with Gasteiger partial charge in [-0.05, 0) is 40.9 Å². The highest BCUT2D eigenvalue weighted by Gasteiger charge is 2.06. The molecule has 0 fully saturated rings. The number of halogens is 2. The van der Waals surface area contributed by atoms with Gasteiger partial charge in [0.05, 0.1) is 10.6 Å². The van der Waals surface area contributed by atoms with E-state index in [2.05, 4.69) is 15.9 Å². The summed E-state index contributed by atoms with van der Waals surface area (Å²) in [4.78, 5) is 0. The molecule has 1 rings (SSSR count). The number of hydrogen-bond acceptors (Lipinski definition) is 1. The van der Waals surface area contributed by atoms with Gasteiger partial charge in [-0.3, -0.25) is 0 Å². The molecule has 3 heteroatoms. The minimum absolute atomic E-state index is 0.284. The summed E-state index contributed by atoms with van der Waals surface area (Å²) in [6.07, 6.45) is 0.0290. The molecule has 1 nitrogen and oxygen atoms in total. The highest BCUT2D eigenvalue weighted by molar-refractivity contribution is 9.10. The molecule has 0 aromatic heterocycles. The summed E-state index contributed by atoms with van der Waals surface area (Å²) in [7, 11) is 0. The third-order valence-corrected chi connectivity index (χ3v) is 2.43. The highest BCUT2D eigenvalue weighted by Crippen LogP contribution is 2.21. The lowest BCUT2D eigenvalue weighted by Gasteiger charge is -2.06. The van der Waals surface area contributed by atoms with Gasteiger partial charge in [-0.2, -0.15) is 0 Å². The number of rotatable bonds is 2. The molecule has 66 valence electrons. The van der Waals surface area contributed by atoms with Gasteiger partial charge in [-0.25, -0.2) is 4.39 Å². The van der Waals surface area contributed by atoms with Gasteiger partial charge in [0.1, 0.15) is 5.82 Å². The SMILES string of the molecule is CC(O)Cc1cccc(F)c1Br. The van der Waals surface area contributed by atoms with Crippen LogP contribution in [0.4, 0.5) is 4.39 Å². The fourth-order valence-corrected chi connectivity index (χ4v) is 1.45. The van der Waals surface area contributed by atoms with E-state index in [1.165, 1.54) is 6.07 Å². The second kappa shape index (κ2) is 4.01. The molecular formula is C9H10BrFO. The Labute approximate surface area is 79.4 Å². The van der Waals surface area contributed by atoms with E-state index >= 15 is 0 Å². The van der Waals surface area contributed by atoms with E-state index in [1.54, 1.807) is 19.1 Å². The van der Waals surface area contributed by atoms with Crippen molar-refractivity contribution in [1.29, 1.82) is 0 Å². The second-order valence-corrected chi connectivity index (χ2v) is 3.56. The molecule has 0 amide bonds. The van der Waals surface area contributed by atoms with Crippen LogP contribution >= 0.6 is 15.9 Å². The summed E-state index contributed by atoms with van der Waals surface area (Å²) in [5, 5.41) is 9.08. The van der Waals surface area contributed by atoms with Gasteiger partial charge in [-0.15, -0.1) is 0 Å². The lowest BCUT2D eigenvalue weighted by atomic mass is 10.1. The minimum atomic E-state index is -0.442. The maximum atomic E-state index is 12.9. The van der Waals surface area contributed by atoms with E-state index in [-0.39, 0.29) is 5.82 Å². The highest BCUT2D eigenvalue weighted by atomic mass is 79.9. The monoisotopic (exact) mass is 232 g/mol. The predicted molar refractivity (Wildman–Crippen MR) is 49.5 cm³/mol. The Bertz CT molecular complexity index is 273. The number of benzene rings is 1. The Morgan fingerprint density at radius 3 is 2.83 bits per heavy atom. The summed E-state index contributed by atoms with van der Waals surface area (Å²) in [6, 6.07) is 4.81. The average Bonchev–Trinajstić information content (AvgIpc) is 1.98. The van der Waals surface area contributed by atoms with Crippen molar-refractivity contribution < 1.29 is 9.50 Å². The normalized spacial score (nSPS) is 13.0. The van der Waals surface area contributed by atoms with E-state index in [9.17, 15) is 4.39 Å². The molecule has 1 unspecified atom stereocenters. The van der Waals surface area contributed by atoms with E-state index in [0.717, 1.165) is 5.56 Å². The van der Waals surface area contributed by atoms with Crippen molar-refractivity contribution in [1.82, 2.24) is 0 Å². The molecule has 1 aromatic rings. The summed E-state index contributed by atoms with van der Waals surface area (Å²) < 4.78 is 13.4. The Balaban J connectivity index is 2.92. The Hall–Kier alpha value is -0.410. The van der Waals surface area contributed by atoms with Gasteiger partial charge in [0, 0.05) is 0 Å². The van der Waals surface area contributed by atoms with Crippen LogP contribution in [0, 0.1) is 5.82 Å². The molecule has 0 saturated heterocycles. The van der Waals surface area contributed by atoms with Crippen molar-refractivity contribution >= 4 is 15.9 Å². The maximum Gasteiger partial charge on any atom is 0.137 e. The summed E-state index contributed by atoms with van der Waals surface area (Å²) in [6.45, 7) is 1.68. The van der Waals surface area contributed by atoms with Gasteiger partial charge in [-0.1, -0.05) is 12.1 Å². The molecule has 1 N–H and O–H groups in total. The van der Waals surface area contributed by atoms with Gasteiger partial charge >= 0.3 is 0 Å². The Morgan fingerprint density at radius 1 is 1.58 bits per heavy atom. The molecule has 12 heavy (non-hydrogen) atoms. The van der Waals surface area contributed by atoms with Crippen LogP contribution in [0.15, 0.2) is 22.7 Å². The number of aliphatic hydroxyl groups is 1. The second-order valence-electron chi connectivity index (χ2n) is 2.77. The molecule has 0 bridgehead atoms. The summed E-state index contributed by atoms with van der Waals surface area (Å²) in [5.74, 6) is -0.284. The van der Waals surface area contributed by atoms with Crippen LogP contribution in [0.2, 0.25) is 0 Å². The van der Waals surface area contributed by atoms with Gasteiger partial charge in [0.15, 0.2) is 0 Å². The lowest BCUT2D eigenvalue weighted by molar-refractivity contribution is 0.195. The number of aliphatic hydroxyl groups excluding tert-OH is 1. The molecule has 0 radical (unpaired) electrons. The van der Waals surface area contributed by atoms with Crippen LogP contribution in [0.3, 0.4) is 0 Å². The van der Waals surface area contributed by atoms with Gasteiger partial charge < -0.3 is 5.11 Å². The standard InChI is InChI=1S/C9H10BrFO/c1-6(12)5-7-3-2-4-8(11)9(7)10/h2-4,6,12H,5H2,1H3. The molecule has 1 aromatic carbocycles. The van der Waals surface area contributed by atoms with Crippen molar-refractivity contribution in [3.8, 4) is 0 Å². The Kier molecular flexibility index (Phi) is 3.23. The summed E-state index contributed by atoms with van der Waals surface area (Å²) >= 11 is 3.12. The van der Waals surface area contributed by atoms with Crippen molar-refractivity contribution in [2.24, 2.45) is 0 Å². The largest absolute Gasteiger partial charge is 0.393 e. The first-order valence-electron chi connectivity index (χ1n) is 3.72. The van der Waals surface area contributed by atoms with Crippen LogP contribution in [0.5, 0.6) is 0 Å². The predicted octanol–water partition coefficient (Wildman–Crippen LogP) is 2.51. The molecule has 0 aliphatic rings. The maximum absolute atomic E-state index is 12.9. The average molecular weight is 233 g/mol. The van der Waals surface area contributed by atoms with Crippen LogP contribution in [-0.4, -0.2) is 11.2 Å². The molecule has 1 atom stereocenters. The smallest absolute Gasteiger partial charge is 0.137 e. The molecule has 0 spiro atoms. The molecule has 0 heterocycles. The molecule has 0 saturated carbocycles. The molecular weight excluding hydrogens is 223 g/mol. The fourth-order valence-electron chi connectivity index (χ4n) is 1.02. The third-order valence-electron chi connectivity index (χ3n) is 1.55. The third kappa shape index (κ3) is 2.29. The Morgan fingerprint density at radius 2 is 2.25 bits per heavy atom. The van der Waals surface area contributed by atoms with Crippen LogP contribution in [-0.2, 0) is 6.42 Å². The first kappa shape index (κ1) is 9.68. The zero-order chi connectivity index (χ0) is 9.14. The van der Waals surface area contributed by atoms with Crippen LogP contribution in [0.1, 0.15) is 12.5 Å². The zero-order valence-corrected chi connectivity index (χ0v) is 8.31. The van der Waals surface area contributed by atoms with Crippen molar-refractivity contribution in [2.75, 3.05) is 0 Å². The van der Waals surface area contributed by atoms with Crippen molar-refractivity contribution in [3.63, 3.8) is 0 Å². The zero-order valence-electron chi connectivity index (χ0n) is 6.72. The fraction of sp³-hybridized carbons (Fsp3) is 0.333. The number of hydrogen-bond donors (Lipinski definition) is 1. The van der Waals surface area contributed by atoms with Crippen molar-refractivity contribution in [2.45, 2.75) is 19.4 Å². The minimum Gasteiger partial charge on any atom is -0.393 e. The first-order valence-corrected chi connectivity index (χ1v) is 4.51. The van der Waals surface area contributed by atoms with E-state index < -0.39 is 6.10 Å². The van der Waals surface area contributed by atoms with Crippen molar-refractivity contribution in [3.05, 3.63) is 34.1 Å². The van der Waals surface area contributed by atoms with Gasteiger partial charge in [0.25, 0.3) is 0 Å². The quantitative estimate of drug-likeness (QED) is 0.832. The van der Waals surface area contributed by atoms with E-state index in [1.807, 2.05) is 0 Å². The molecule has 0 aliphatic carbocycles.